The SMILES string of the molecule is C/C(=C\c1c(-c2ccc(N)cn2)ccnc1C)CN1CC=C(c2c(F)cc(C(=O)N(C)C)cc2F)CC1. The minimum absolute atomic E-state index is 0.00165. The van der Waals surface area contributed by atoms with E-state index in [1.807, 2.05) is 31.2 Å². The van der Waals surface area contributed by atoms with Crippen LogP contribution < -0.4 is 5.73 Å². The molecule has 6 nitrogen and oxygen atoms in total. The van der Waals surface area contributed by atoms with Crippen molar-refractivity contribution in [2.45, 2.75) is 20.3 Å². The number of carbonyl (C=O) groups excluding carboxylic acids is 1. The fourth-order valence-electron chi connectivity index (χ4n) is 4.54. The number of carbonyl (C=O) groups is 1. The molecule has 0 radical (unpaired) electrons. The number of nitrogens with zero attached hydrogens (tertiary/aromatic N) is 4. The number of benzene rings is 1. The molecule has 0 saturated heterocycles. The lowest BCUT2D eigenvalue weighted by Gasteiger charge is -2.27. The van der Waals surface area contributed by atoms with Gasteiger partial charge >= 0.3 is 0 Å². The number of anilines is 1. The van der Waals surface area contributed by atoms with Gasteiger partial charge in [-0.05, 0) is 56.2 Å². The normalized spacial score (nSPS) is 14.4. The van der Waals surface area contributed by atoms with Crippen LogP contribution in [0.15, 0.2) is 54.4 Å². The number of aryl methyl sites for hydroxylation is 1. The summed E-state index contributed by atoms with van der Waals surface area (Å²) in [5.41, 5.74) is 11.8. The van der Waals surface area contributed by atoms with Gasteiger partial charge in [0.2, 0.25) is 0 Å². The number of pyridine rings is 2. The van der Waals surface area contributed by atoms with Crippen LogP contribution in [-0.4, -0.2) is 59.4 Å². The van der Waals surface area contributed by atoms with Crippen molar-refractivity contribution in [2.75, 3.05) is 39.5 Å². The highest BCUT2D eigenvalue weighted by Gasteiger charge is 2.22. The van der Waals surface area contributed by atoms with Gasteiger partial charge in [-0.25, -0.2) is 8.78 Å². The predicted molar refractivity (Wildman–Crippen MR) is 144 cm³/mol. The summed E-state index contributed by atoms with van der Waals surface area (Å²) in [6.45, 7) is 5.96. The third-order valence-electron chi connectivity index (χ3n) is 6.43. The van der Waals surface area contributed by atoms with Crippen LogP contribution in [0.4, 0.5) is 14.5 Å². The van der Waals surface area contributed by atoms with Gasteiger partial charge in [0.25, 0.3) is 5.91 Å². The summed E-state index contributed by atoms with van der Waals surface area (Å²) >= 11 is 0. The van der Waals surface area contributed by atoms with E-state index in [9.17, 15) is 13.6 Å². The summed E-state index contributed by atoms with van der Waals surface area (Å²) in [4.78, 5) is 24.5. The number of nitrogens with two attached hydrogens (primary N) is 1. The summed E-state index contributed by atoms with van der Waals surface area (Å²) in [6.07, 6.45) is 7.91. The van der Waals surface area contributed by atoms with Gasteiger partial charge in [-0.2, -0.15) is 0 Å². The maximum absolute atomic E-state index is 14.8. The van der Waals surface area contributed by atoms with E-state index in [1.54, 1.807) is 26.5 Å². The van der Waals surface area contributed by atoms with E-state index in [4.69, 9.17) is 5.73 Å². The minimum atomic E-state index is -0.711. The first-order valence-electron chi connectivity index (χ1n) is 12.1. The quantitative estimate of drug-likeness (QED) is 0.500. The van der Waals surface area contributed by atoms with Crippen molar-refractivity contribution in [1.82, 2.24) is 19.8 Å². The van der Waals surface area contributed by atoms with Gasteiger partial charge in [-0.15, -0.1) is 0 Å². The first-order valence-corrected chi connectivity index (χ1v) is 12.1. The number of hydrogen-bond acceptors (Lipinski definition) is 5. The molecule has 1 amide bonds. The Balaban J connectivity index is 1.50. The Bertz CT molecular complexity index is 1360. The second-order valence-electron chi connectivity index (χ2n) is 9.55. The van der Waals surface area contributed by atoms with Gasteiger partial charge in [0.05, 0.1) is 17.6 Å². The number of rotatable bonds is 6. The van der Waals surface area contributed by atoms with Gasteiger partial charge in [0.1, 0.15) is 11.6 Å². The topological polar surface area (TPSA) is 75.3 Å². The molecule has 1 aliphatic rings. The van der Waals surface area contributed by atoms with Crippen LogP contribution in [0.25, 0.3) is 22.9 Å². The first kappa shape index (κ1) is 26.2. The van der Waals surface area contributed by atoms with Crippen molar-refractivity contribution < 1.29 is 13.6 Å². The Morgan fingerprint density at radius 1 is 1.16 bits per heavy atom. The van der Waals surface area contributed by atoms with Crippen molar-refractivity contribution >= 4 is 23.2 Å². The molecule has 0 unspecified atom stereocenters. The summed E-state index contributed by atoms with van der Waals surface area (Å²) in [5, 5.41) is 0. The van der Waals surface area contributed by atoms with E-state index >= 15 is 0 Å². The van der Waals surface area contributed by atoms with Gasteiger partial charge < -0.3 is 10.6 Å². The molecule has 2 aromatic heterocycles. The van der Waals surface area contributed by atoms with E-state index in [0.717, 1.165) is 40.2 Å². The van der Waals surface area contributed by atoms with Crippen LogP contribution in [-0.2, 0) is 0 Å². The molecule has 4 rings (SSSR count). The summed E-state index contributed by atoms with van der Waals surface area (Å²) in [7, 11) is 3.10. The van der Waals surface area contributed by atoms with Gasteiger partial charge in [0, 0.05) is 67.9 Å². The van der Waals surface area contributed by atoms with Crippen LogP contribution in [0.5, 0.6) is 0 Å². The molecule has 0 bridgehead atoms. The lowest BCUT2D eigenvalue weighted by molar-refractivity contribution is 0.0826. The number of hydrogen-bond donors (Lipinski definition) is 1. The highest BCUT2D eigenvalue weighted by atomic mass is 19.1. The van der Waals surface area contributed by atoms with Gasteiger partial charge in [-0.1, -0.05) is 17.7 Å². The van der Waals surface area contributed by atoms with E-state index in [0.29, 0.717) is 37.3 Å². The largest absolute Gasteiger partial charge is 0.397 e. The zero-order valence-electron chi connectivity index (χ0n) is 21.6. The third-order valence-corrected chi connectivity index (χ3v) is 6.43. The predicted octanol–water partition coefficient (Wildman–Crippen LogP) is 5.21. The Hall–Kier alpha value is -3.91. The van der Waals surface area contributed by atoms with Crippen molar-refractivity contribution in [3.8, 4) is 11.3 Å². The van der Waals surface area contributed by atoms with E-state index < -0.39 is 17.5 Å². The molecule has 3 heterocycles. The molecule has 37 heavy (non-hydrogen) atoms. The van der Waals surface area contributed by atoms with Crippen LogP contribution in [0.1, 0.15) is 40.5 Å². The van der Waals surface area contributed by atoms with E-state index in [-0.39, 0.29) is 11.1 Å². The van der Waals surface area contributed by atoms with Crippen molar-refractivity contribution in [2.24, 2.45) is 0 Å². The van der Waals surface area contributed by atoms with Crippen LogP contribution in [0.3, 0.4) is 0 Å². The lowest BCUT2D eigenvalue weighted by Crippen LogP contribution is -2.30. The third kappa shape index (κ3) is 5.91. The Morgan fingerprint density at radius 3 is 2.49 bits per heavy atom. The number of halogens is 2. The second-order valence-corrected chi connectivity index (χ2v) is 9.55. The molecule has 0 saturated carbocycles. The molecular weight excluding hydrogens is 472 g/mol. The fourth-order valence-corrected chi connectivity index (χ4v) is 4.54. The average molecular weight is 504 g/mol. The zero-order chi connectivity index (χ0) is 26.7. The Labute approximate surface area is 216 Å². The highest BCUT2D eigenvalue weighted by molar-refractivity contribution is 5.94. The van der Waals surface area contributed by atoms with Gasteiger partial charge in [0.15, 0.2) is 0 Å². The lowest BCUT2D eigenvalue weighted by atomic mass is 9.96. The molecule has 0 spiro atoms. The monoisotopic (exact) mass is 503 g/mol. The molecular formula is C29H31F2N5O. The maximum atomic E-state index is 14.8. The summed E-state index contributed by atoms with van der Waals surface area (Å²) < 4.78 is 29.6. The molecule has 0 atom stereocenters. The van der Waals surface area contributed by atoms with Crippen LogP contribution in [0.2, 0.25) is 0 Å². The molecule has 2 N–H and O–H groups in total. The molecule has 1 aromatic carbocycles. The molecule has 3 aromatic rings. The van der Waals surface area contributed by atoms with E-state index in [2.05, 4.69) is 27.9 Å². The Kier molecular flexibility index (Phi) is 7.78. The maximum Gasteiger partial charge on any atom is 0.253 e. The molecule has 8 heteroatoms. The van der Waals surface area contributed by atoms with Crippen molar-refractivity contribution in [1.29, 1.82) is 0 Å². The fraction of sp³-hybridized carbons (Fsp3) is 0.276. The molecule has 0 aliphatic carbocycles. The van der Waals surface area contributed by atoms with Crippen LogP contribution in [0, 0.1) is 18.6 Å². The van der Waals surface area contributed by atoms with Crippen LogP contribution >= 0.6 is 0 Å². The standard InChI is InChI=1S/C29H31F2N5O/c1-18(13-24-19(2)33-10-7-23(24)27-6-5-22(32)16-34-27)17-36-11-8-20(9-12-36)28-25(30)14-21(15-26(28)31)29(37)35(3)4/h5-8,10,13-16H,9,11-12,17,32H2,1-4H3/b18-13+. The second kappa shape index (κ2) is 11.0. The van der Waals surface area contributed by atoms with Crippen molar-refractivity contribution in [3.05, 3.63) is 88.4 Å². The summed E-state index contributed by atoms with van der Waals surface area (Å²) in [6, 6.07) is 7.90. The molecule has 1 aliphatic heterocycles. The number of aromatic nitrogens is 2. The smallest absolute Gasteiger partial charge is 0.253 e. The summed E-state index contributed by atoms with van der Waals surface area (Å²) in [5.74, 6) is -1.86. The average Bonchev–Trinajstić information content (AvgIpc) is 2.86. The molecule has 192 valence electrons. The minimum Gasteiger partial charge on any atom is -0.397 e. The van der Waals surface area contributed by atoms with Crippen molar-refractivity contribution in [3.63, 3.8) is 0 Å². The Morgan fingerprint density at radius 2 is 1.89 bits per heavy atom. The number of amides is 1. The number of nitrogen functional groups attached to an aromatic ring is 1. The first-order chi connectivity index (χ1) is 17.6. The van der Waals surface area contributed by atoms with E-state index in [1.165, 1.54) is 4.90 Å². The highest BCUT2D eigenvalue weighted by Crippen LogP contribution is 2.30. The zero-order valence-corrected chi connectivity index (χ0v) is 21.6. The van der Waals surface area contributed by atoms with Gasteiger partial charge in [-0.3, -0.25) is 19.7 Å². The molecule has 0 fully saturated rings.